The number of rotatable bonds is 7. The minimum atomic E-state index is -0.568. The monoisotopic (exact) mass is 474 g/mol. The summed E-state index contributed by atoms with van der Waals surface area (Å²) in [7, 11) is 0. The van der Waals surface area contributed by atoms with E-state index in [1.54, 1.807) is 12.4 Å². The highest BCUT2D eigenvalue weighted by atomic mass is 79.9. The molecule has 1 fully saturated rings. The van der Waals surface area contributed by atoms with Gasteiger partial charge in [0.1, 0.15) is 5.52 Å². The second-order valence-corrected chi connectivity index (χ2v) is 8.91. The molecule has 6 nitrogen and oxygen atoms in total. The molecule has 30 heavy (non-hydrogen) atoms. The Morgan fingerprint density at radius 2 is 2.13 bits per heavy atom. The normalized spacial score (nSPS) is 13.8. The van der Waals surface area contributed by atoms with E-state index in [-0.39, 0.29) is 22.8 Å². The Morgan fingerprint density at radius 1 is 1.37 bits per heavy atom. The number of carbonyl (C=O) groups excluding carboxylic acids is 1. The fraction of sp³-hybridized carbons (Fsp3) is 0.364. The first-order valence-corrected chi connectivity index (χ1v) is 10.8. The summed E-state index contributed by atoms with van der Waals surface area (Å²) in [5.74, 6) is -0.568. The Hall–Kier alpha value is -2.45. The number of hydroxylamine groups is 1. The smallest absolute Gasteiger partial charge is 0.277 e. The number of aryl methyl sites for hydroxylation is 1. The average molecular weight is 475 g/mol. The summed E-state index contributed by atoms with van der Waals surface area (Å²) in [6, 6.07) is 7.35. The number of aromatic nitrogens is 2. The molecule has 1 aliphatic rings. The minimum Gasteiger partial charge on any atom is -0.352 e. The number of imidazole rings is 1. The summed E-state index contributed by atoms with van der Waals surface area (Å²) in [6.45, 7) is 6.34. The molecule has 1 heterocycles. The number of carbonyl (C=O) groups is 1. The molecule has 1 aliphatic carbocycles. The van der Waals surface area contributed by atoms with Crippen LogP contribution in [-0.2, 0) is 4.84 Å². The van der Waals surface area contributed by atoms with Crippen LogP contribution in [0.3, 0.4) is 0 Å². The zero-order valence-electron chi connectivity index (χ0n) is 17.1. The van der Waals surface area contributed by atoms with Gasteiger partial charge in [0.15, 0.2) is 5.82 Å². The lowest BCUT2D eigenvalue weighted by Gasteiger charge is -2.17. The summed E-state index contributed by atoms with van der Waals surface area (Å²) in [4.78, 5) is 22.5. The van der Waals surface area contributed by atoms with Gasteiger partial charge in [-0.25, -0.2) is 14.9 Å². The third-order valence-electron chi connectivity index (χ3n) is 5.24. The third kappa shape index (κ3) is 4.20. The summed E-state index contributed by atoms with van der Waals surface area (Å²) in [6.07, 6.45) is 3.82. The summed E-state index contributed by atoms with van der Waals surface area (Å²) < 4.78 is 18.3. The Balaban J connectivity index is 1.76. The van der Waals surface area contributed by atoms with Crippen LogP contribution in [0.5, 0.6) is 0 Å². The van der Waals surface area contributed by atoms with E-state index >= 15 is 4.39 Å². The SMILES string of the molecule is Cc1cc(Br)ccc1Nc1c(C(=O)NOCC2CC2)cc2c(ncn2C(C)C)c1F. The third-order valence-corrected chi connectivity index (χ3v) is 5.73. The number of amides is 1. The number of nitrogens with one attached hydrogen (secondary N) is 2. The molecule has 0 radical (unpaired) electrons. The minimum absolute atomic E-state index is 0.0731. The lowest BCUT2D eigenvalue weighted by Crippen LogP contribution is -2.26. The fourth-order valence-corrected chi connectivity index (χ4v) is 3.78. The van der Waals surface area contributed by atoms with Crippen LogP contribution in [0.2, 0.25) is 0 Å². The molecule has 2 N–H and O–H groups in total. The van der Waals surface area contributed by atoms with Crippen molar-refractivity contribution in [2.75, 3.05) is 11.9 Å². The van der Waals surface area contributed by atoms with Gasteiger partial charge >= 0.3 is 0 Å². The zero-order chi connectivity index (χ0) is 21.4. The Labute approximate surface area is 182 Å². The quantitative estimate of drug-likeness (QED) is 0.434. The number of hydrogen-bond donors (Lipinski definition) is 2. The first-order valence-electron chi connectivity index (χ1n) is 9.99. The number of fused-ring (bicyclic) bond motifs is 1. The highest BCUT2D eigenvalue weighted by molar-refractivity contribution is 9.10. The van der Waals surface area contributed by atoms with Crippen molar-refractivity contribution < 1.29 is 14.0 Å². The lowest BCUT2D eigenvalue weighted by atomic mass is 10.1. The van der Waals surface area contributed by atoms with Crippen LogP contribution < -0.4 is 10.8 Å². The van der Waals surface area contributed by atoms with Gasteiger partial charge in [-0.3, -0.25) is 9.63 Å². The van der Waals surface area contributed by atoms with Crippen LogP contribution in [0.15, 0.2) is 35.1 Å². The Bertz CT molecular complexity index is 1110. The van der Waals surface area contributed by atoms with Gasteiger partial charge in [0.2, 0.25) is 0 Å². The van der Waals surface area contributed by atoms with Gasteiger partial charge in [0.05, 0.1) is 29.7 Å². The fourth-order valence-electron chi connectivity index (χ4n) is 3.31. The highest BCUT2D eigenvalue weighted by Gasteiger charge is 2.25. The molecule has 1 saturated carbocycles. The molecule has 0 atom stereocenters. The number of nitrogens with zero attached hydrogens (tertiary/aromatic N) is 2. The number of hydrogen-bond acceptors (Lipinski definition) is 4. The van der Waals surface area contributed by atoms with Gasteiger partial charge in [0, 0.05) is 16.2 Å². The maximum absolute atomic E-state index is 15.6. The van der Waals surface area contributed by atoms with Crippen molar-refractivity contribution in [3.63, 3.8) is 0 Å². The average Bonchev–Trinajstić information content (AvgIpc) is 3.41. The molecular formula is C22H24BrFN4O2. The topological polar surface area (TPSA) is 68.2 Å². The molecular weight excluding hydrogens is 451 g/mol. The molecule has 0 aliphatic heterocycles. The van der Waals surface area contributed by atoms with E-state index in [0.717, 1.165) is 22.9 Å². The van der Waals surface area contributed by atoms with Gasteiger partial charge in [-0.15, -0.1) is 0 Å². The molecule has 0 spiro atoms. The van der Waals surface area contributed by atoms with Gasteiger partial charge in [-0.05, 0) is 69.4 Å². The van der Waals surface area contributed by atoms with Crippen molar-refractivity contribution in [2.24, 2.45) is 5.92 Å². The Kier molecular flexibility index (Phi) is 5.79. The van der Waals surface area contributed by atoms with Crippen LogP contribution in [0.4, 0.5) is 15.8 Å². The largest absolute Gasteiger partial charge is 0.352 e. The molecule has 8 heteroatoms. The zero-order valence-corrected chi connectivity index (χ0v) is 18.7. The van der Waals surface area contributed by atoms with Crippen molar-refractivity contribution in [3.05, 3.63) is 52.0 Å². The molecule has 158 valence electrons. The first-order chi connectivity index (χ1) is 14.3. The first kappa shape index (κ1) is 20.8. The number of anilines is 2. The summed E-state index contributed by atoms with van der Waals surface area (Å²) in [5, 5.41) is 3.10. The van der Waals surface area contributed by atoms with E-state index in [0.29, 0.717) is 23.7 Å². The maximum atomic E-state index is 15.6. The molecule has 1 aromatic heterocycles. The molecule has 4 rings (SSSR count). The van der Waals surface area contributed by atoms with E-state index in [9.17, 15) is 4.79 Å². The molecule has 1 amide bonds. The predicted molar refractivity (Wildman–Crippen MR) is 118 cm³/mol. The predicted octanol–water partition coefficient (Wildman–Crippen LogP) is 5.64. The van der Waals surface area contributed by atoms with Crippen molar-refractivity contribution >= 4 is 44.2 Å². The van der Waals surface area contributed by atoms with Crippen molar-refractivity contribution in [1.29, 1.82) is 0 Å². The molecule has 3 aromatic rings. The van der Waals surface area contributed by atoms with E-state index in [4.69, 9.17) is 4.84 Å². The van der Waals surface area contributed by atoms with Gasteiger partial charge in [-0.2, -0.15) is 0 Å². The number of halogens is 2. The molecule has 0 bridgehead atoms. The molecule has 0 unspecified atom stereocenters. The summed E-state index contributed by atoms with van der Waals surface area (Å²) in [5.41, 5.74) is 5.11. The van der Waals surface area contributed by atoms with Crippen molar-refractivity contribution in [2.45, 2.75) is 39.7 Å². The molecule has 2 aromatic carbocycles. The van der Waals surface area contributed by atoms with E-state index in [1.165, 1.54) is 0 Å². The summed E-state index contributed by atoms with van der Waals surface area (Å²) >= 11 is 3.43. The van der Waals surface area contributed by atoms with Gasteiger partial charge < -0.3 is 9.88 Å². The van der Waals surface area contributed by atoms with Crippen molar-refractivity contribution in [3.8, 4) is 0 Å². The highest BCUT2D eigenvalue weighted by Crippen LogP contribution is 2.33. The van der Waals surface area contributed by atoms with E-state index in [1.807, 2.05) is 43.5 Å². The number of benzene rings is 2. The Morgan fingerprint density at radius 3 is 2.80 bits per heavy atom. The second-order valence-electron chi connectivity index (χ2n) is 8.00. The van der Waals surface area contributed by atoms with Crippen LogP contribution in [0.1, 0.15) is 48.7 Å². The van der Waals surface area contributed by atoms with E-state index in [2.05, 4.69) is 31.7 Å². The second kappa shape index (κ2) is 8.35. The van der Waals surface area contributed by atoms with Crippen LogP contribution in [0.25, 0.3) is 11.0 Å². The van der Waals surface area contributed by atoms with Crippen LogP contribution in [-0.4, -0.2) is 22.1 Å². The van der Waals surface area contributed by atoms with Crippen LogP contribution >= 0.6 is 15.9 Å². The van der Waals surface area contributed by atoms with Gasteiger partial charge in [0.25, 0.3) is 5.91 Å². The maximum Gasteiger partial charge on any atom is 0.277 e. The van der Waals surface area contributed by atoms with E-state index < -0.39 is 11.7 Å². The van der Waals surface area contributed by atoms with Crippen molar-refractivity contribution in [1.82, 2.24) is 15.0 Å². The standard InChI is InChI=1S/C22H24BrFN4O2/c1-12(2)28-11-25-21-18(28)9-16(22(29)27-30-10-14-4-5-14)20(19(21)24)26-17-7-6-15(23)8-13(17)3/h6-9,11-12,14,26H,4-5,10H2,1-3H3,(H,27,29). The lowest BCUT2D eigenvalue weighted by molar-refractivity contribution is 0.0271. The van der Waals surface area contributed by atoms with Gasteiger partial charge in [-0.1, -0.05) is 15.9 Å². The van der Waals surface area contributed by atoms with Crippen LogP contribution in [0, 0.1) is 18.7 Å². The molecule has 0 saturated heterocycles.